The predicted octanol–water partition coefficient (Wildman–Crippen LogP) is 7.26. The first-order chi connectivity index (χ1) is 16.5. The van der Waals surface area contributed by atoms with Crippen LogP contribution in [0.1, 0.15) is 31.7 Å². The summed E-state index contributed by atoms with van der Waals surface area (Å²) in [7, 11) is 0. The molecule has 34 heavy (non-hydrogen) atoms. The highest BCUT2D eigenvalue weighted by atomic mass is 19.2. The summed E-state index contributed by atoms with van der Waals surface area (Å²) in [5, 5.41) is 0. The van der Waals surface area contributed by atoms with Crippen LogP contribution in [-0.2, 0) is 9.47 Å². The van der Waals surface area contributed by atoms with E-state index in [1.165, 1.54) is 18.2 Å². The van der Waals surface area contributed by atoms with Gasteiger partial charge in [-0.2, -0.15) is 4.39 Å². The molecule has 0 unspecified atom stereocenters. The first-order valence-electron chi connectivity index (χ1n) is 11.3. The van der Waals surface area contributed by atoms with Gasteiger partial charge in [-0.3, -0.25) is 0 Å². The van der Waals surface area contributed by atoms with Gasteiger partial charge in [0.2, 0.25) is 5.82 Å². The molecule has 0 spiro atoms. The molecule has 1 saturated heterocycles. The third-order valence-corrected chi connectivity index (χ3v) is 5.86. The molecule has 178 valence electrons. The number of benzene rings is 3. The van der Waals surface area contributed by atoms with Gasteiger partial charge in [-0.25, -0.2) is 8.78 Å². The molecule has 0 aromatic heterocycles. The van der Waals surface area contributed by atoms with Crippen molar-refractivity contribution < 1.29 is 27.4 Å². The lowest BCUT2D eigenvalue weighted by Gasteiger charge is -2.27. The minimum Gasteiger partial charge on any atom is -0.490 e. The molecular weight excluding hydrogens is 441 g/mol. The van der Waals surface area contributed by atoms with Crippen LogP contribution in [0.15, 0.2) is 66.7 Å². The van der Waals surface area contributed by atoms with E-state index in [9.17, 15) is 13.2 Å². The molecule has 0 atom stereocenters. The largest absolute Gasteiger partial charge is 0.490 e. The average Bonchev–Trinajstić information content (AvgIpc) is 2.85. The third-order valence-electron chi connectivity index (χ3n) is 5.86. The quantitative estimate of drug-likeness (QED) is 0.270. The van der Waals surface area contributed by atoms with Gasteiger partial charge in [-0.15, -0.1) is 0 Å². The van der Waals surface area contributed by atoms with Crippen LogP contribution in [0.4, 0.5) is 13.2 Å². The van der Waals surface area contributed by atoms with E-state index in [2.05, 4.69) is 0 Å². The molecule has 0 N–H and O–H groups in total. The number of ether oxygens (including phenoxy) is 3. The monoisotopic (exact) mass is 468 g/mol. The fourth-order valence-corrected chi connectivity index (χ4v) is 3.93. The Morgan fingerprint density at radius 1 is 0.882 bits per heavy atom. The molecule has 0 saturated carbocycles. The van der Waals surface area contributed by atoms with Crippen LogP contribution in [0.2, 0.25) is 0 Å². The van der Waals surface area contributed by atoms with Crippen molar-refractivity contribution in [3.05, 3.63) is 89.8 Å². The second-order valence-electron chi connectivity index (χ2n) is 8.19. The topological polar surface area (TPSA) is 27.7 Å². The Balaban J connectivity index is 1.50. The van der Waals surface area contributed by atoms with E-state index in [0.29, 0.717) is 36.3 Å². The summed E-state index contributed by atoms with van der Waals surface area (Å²) in [4.78, 5) is 0. The zero-order valence-corrected chi connectivity index (χ0v) is 19.2. The normalized spacial score (nSPS) is 18.4. The van der Waals surface area contributed by atoms with E-state index in [1.54, 1.807) is 30.3 Å². The molecule has 0 radical (unpaired) electrons. The van der Waals surface area contributed by atoms with Crippen LogP contribution in [0.3, 0.4) is 0 Å². The standard InChI is InChI=1S/C28H27F3O3/c1-3-4-5-14-32-26-13-12-24(27(30)28(26)31)20-8-6-19(7-9-20)21-10-11-23(25(29)15-21)22-16-33-18(2)34-17-22/h3-4,6-13,15,18,22H,5,14,16-17H2,1-2H3/b4-3-. The summed E-state index contributed by atoms with van der Waals surface area (Å²) >= 11 is 0. The highest BCUT2D eigenvalue weighted by Crippen LogP contribution is 2.33. The van der Waals surface area contributed by atoms with E-state index in [-0.39, 0.29) is 35.9 Å². The summed E-state index contributed by atoms with van der Waals surface area (Å²) < 4.78 is 60.3. The highest BCUT2D eigenvalue weighted by molar-refractivity contribution is 5.71. The van der Waals surface area contributed by atoms with E-state index >= 15 is 0 Å². The minimum absolute atomic E-state index is 0.110. The van der Waals surface area contributed by atoms with E-state index in [0.717, 1.165) is 5.56 Å². The maximum absolute atomic E-state index is 14.8. The molecule has 4 rings (SSSR count). The smallest absolute Gasteiger partial charge is 0.201 e. The minimum atomic E-state index is -1.01. The van der Waals surface area contributed by atoms with Crippen molar-refractivity contribution >= 4 is 0 Å². The second kappa shape index (κ2) is 10.9. The Labute approximate surface area is 197 Å². The predicted molar refractivity (Wildman–Crippen MR) is 126 cm³/mol. The lowest BCUT2D eigenvalue weighted by Crippen LogP contribution is -2.29. The van der Waals surface area contributed by atoms with Gasteiger partial charge >= 0.3 is 0 Å². The molecule has 1 heterocycles. The van der Waals surface area contributed by atoms with Gasteiger partial charge in [0.05, 0.1) is 19.8 Å². The summed E-state index contributed by atoms with van der Waals surface area (Å²) in [5.74, 6) is -2.56. The fraction of sp³-hybridized carbons (Fsp3) is 0.286. The Morgan fingerprint density at radius 2 is 1.56 bits per heavy atom. The molecule has 0 bridgehead atoms. The lowest BCUT2D eigenvalue weighted by atomic mass is 9.95. The SMILES string of the molecule is C/C=C\CCOc1ccc(-c2ccc(-c3ccc(C4COC(C)OC4)c(F)c3)cc2)c(F)c1F. The number of rotatable bonds is 7. The summed E-state index contributed by atoms with van der Waals surface area (Å²) in [6, 6.07) is 14.9. The second-order valence-corrected chi connectivity index (χ2v) is 8.19. The van der Waals surface area contributed by atoms with Crippen molar-refractivity contribution in [1.29, 1.82) is 0 Å². The maximum Gasteiger partial charge on any atom is 0.201 e. The molecule has 3 nitrogen and oxygen atoms in total. The average molecular weight is 469 g/mol. The van der Waals surface area contributed by atoms with Crippen LogP contribution in [0.25, 0.3) is 22.3 Å². The van der Waals surface area contributed by atoms with E-state index in [1.807, 2.05) is 32.1 Å². The number of hydrogen-bond donors (Lipinski definition) is 0. The van der Waals surface area contributed by atoms with Gasteiger partial charge in [-0.1, -0.05) is 48.6 Å². The van der Waals surface area contributed by atoms with Crippen molar-refractivity contribution in [3.63, 3.8) is 0 Å². The van der Waals surface area contributed by atoms with Crippen LogP contribution in [0, 0.1) is 17.5 Å². The molecule has 6 heteroatoms. The van der Waals surface area contributed by atoms with E-state index < -0.39 is 11.6 Å². The van der Waals surface area contributed by atoms with Gasteiger partial charge in [0.1, 0.15) is 5.82 Å². The van der Waals surface area contributed by atoms with Crippen molar-refractivity contribution in [2.24, 2.45) is 0 Å². The van der Waals surface area contributed by atoms with Crippen molar-refractivity contribution in [3.8, 4) is 28.0 Å². The van der Waals surface area contributed by atoms with Crippen molar-refractivity contribution in [1.82, 2.24) is 0 Å². The molecule has 3 aromatic carbocycles. The highest BCUT2D eigenvalue weighted by Gasteiger charge is 2.23. The zero-order valence-electron chi connectivity index (χ0n) is 19.2. The molecule has 0 aliphatic carbocycles. The van der Waals surface area contributed by atoms with Crippen molar-refractivity contribution in [2.75, 3.05) is 19.8 Å². The molecule has 1 aliphatic rings. The van der Waals surface area contributed by atoms with E-state index in [4.69, 9.17) is 14.2 Å². The van der Waals surface area contributed by atoms with Crippen LogP contribution < -0.4 is 4.74 Å². The van der Waals surface area contributed by atoms with Gasteiger partial charge in [-0.05, 0) is 60.7 Å². The third kappa shape index (κ3) is 5.34. The van der Waals surface area contributed by atoms with Crippen LogP contribution in [0.5, 0.6) is 5.75 Å². The Morgan fingerprint density at radius 3 is 2.24 bits per heavy atom. The van der Waals surface area contributed by atoms with Gasteiger partial charge in [0.15, 0.2) is 17.9 Å². The molecule has 1 aliphatic heterocycles. The summed E-state index contributed by atoms with van der Waals surface area (Å²) in [6.07, 6.45) is 4.10. The Bertz CT molecular complexity index is 1150. The summed E-state index contributed by atoms with van der Waals surface area (Å²) in [5.41, 5.74) is 2.67. The molecule has 3 aromatic rings. The van der Waals surface area contributed by atoms with Gasteiger partial charge in [0.25, 0.3) is 0 Å². The number of halogens is 3. The maximum atomic E-state index is 14.8. The number of allylic oxidation sites excluding steroid dienone is 1. The lowest BCUT2D eigenvalue weighted by molar-refractivity contribution is -0.176. The summed E-state index contributed by atoms with van der Waals surface area (Å²) in [6.45, 7) is 4.79. The zero-order chi connectivity index (χ0) is 24.1. The van der Waals surface area contributed by atoms with Crippen LogP contribution >= 0.6 is 0 Å². The van der Waals surface area contributed by atoms with Crippen molar-refractivity contribution in [2.45, 2.75) is 32.5 Å². The Hall–Kier alpha value is -3.09. The molecular formula is C28H27F3O3. The first kappa shape index (κ1) is 24.0. The molecule has 1 fully saturated rings. The molecule has 0 amide bonds. The number of hydrogen-bond acceptors (Lipinski definition) is 3. The van der Waals surface area contributed by atoms with Gasteiger partial charge < -0.3 is 14.2 Å². The first-order valence-corrected chi connectivity index (χ1v) is 11.3. The van der Waals surface area contributed by atoms with Gasteiger partial charge in [0, 0.05) is 11.5 Å². The van der Waals surface area contributed by atoms with Crippen LogP contribution in [-0.4, -0.2) is 26.1 Å². The fourth-order valence-electron chi connectivity index (χ4n) is 3.93. The Kier molecular flexibility index (Phi) is 7.70.